The molecule has 0 aliphatic heterocycles. The summed E-state index contributed by atoms with van der Waals surface area (Å²) in [5.41, 5.74) is 7.78. The highest BCUT2D eigenvalue weighted by molar-refractivity contribution is 5.86. The Morgan fingerprint density at radius 1 is 1.07 bits per heavy atom. The number of fused-ring (bicyclic) bond motifs is 1. The highest BCUT2D eigenvalue weighted by Gasteiger charge is 2.13. The molecule has 0 amide bonds. The molecule has 0 atom stereocenters. The van der Waals surface area contributed by atoms with E-state index in [1.165, 1.54) is 22.4 Å². The molecule has 0 bridgehead atoms. The van der Waals surface area contributed by atoms with Crippen LogP contribution in [0.2, 0.25) is 0 Å². The number of imidazole rings is 1. The second-order valence-corrected chi connectivity index (χ2v) is 7.46. The van der Waals surface area contributed by atoms with E-state index in [1.54, 1.807) is 6.33 Å². The molecule has 3 heterocycles. The lowest BCUT2D eigenvalue weighted by molar-refractivity contribution is 0.704. The lowest BCUT2D eigenvalue weighted by atomic mass is 9.95. The number of aryl methyl sites for hydroxylation is 6. The molecule has 0 radical (unpaired) electrons. The fourth-order valence-corrected chi connectivity index (χ4v) is 3.80. The number of rotatable bonds is 6. The monoisotopic (exact) mass is 384 g/mol. The van der Waals surface area contributed by atoms with Gasteiger partial charge in [0.2, 0.25) is 0 Å². The van der Waals surface area contributed by atoms with Gasteiger partial charge < -0.3 is 4.57 Å². The molecular formula is C23H24N6. The van der Waals surface area contributed by atoms with Gasteiger partial charge in [-0.15, -0.1) is 0 Å². The molecule has 3 aromatic heterocycles. The van der Waals surface area contributed by atoms with E-state index in [4.69, 9.17) is 10.2 Å². The Kier molecular flexibility index (Phi) is 5.13. The lowest BCUT2D eigenvalue weighted by Gasteiger charge is -2.13. The van der Waals surface area contributed by atoms with Crippen LogP contribution >= 0.6 is 0 Å². The van der Waals surface area contributed by atoms with Crippen LogP contribution < -0.4 is 0 Å². The van der Waals surface area contributed by atoms with Crippen molar-refractivity contribution < 1.29 is 0 Å². The third kappa shape index (κ3) is 3.77. The van der Waals surface area contributed by atoms with Crippen LogP contribution in [0.4, 0.5) is 0 Å². The molecule has 0 saturated carbocycles. The summed E-state index contributed by atoms with van der Waals surface area (Å²) in [6.45, 7) is 2.10. The van der Waals surface area contributed by atoms with Gasteiger partial charge in [0, 0.05) is 37.8 Å². The van der Waals surface area contributed by atoms with E-state index in [1.807, 2.05) is 35.7 Å². The first-order valence-corrected chi connectivity index (χ1v) is 9.80. The number of aromatic nitrogens is 5. The lowest BCUT2D eigenvalue weighted by Crippen LogP contribution is -2.03. The first-order chi connectivity index (χ1) is 14.1. The van der Waals surface area contributed by atoms with Crippen LogP contribution in [-0.4, -0.2) is 24.3 Å². The van der Waals surface area contributed by atoms with Crippen LogP contribution in [0.5, 0.6) is 0 Å². The van der Waals surface area contributed by atoms with Crippen LogP contribution in [0.3, 0.4) is 0 Å². The summed E-state index contributed by atoms with van der Waals surface area (Å²) < 4.78 is 3.92. The SMILES string of the molecule is Cc1cc2nc(-c3cncn3C)cc(CCc3ccnn3C)c2cc1CCC#N. The molecule has 29 heavy (non-hydrogen) atoms. The zero-order chi connectivity index (χ0) is 20.4. The highest BCUT2D eigenvalue weighted by atomic mass is 15.2. The van der Waals surface area contributed by atoms with Crippen molar-refractivity contribution in [3.8, 4) is 17.5 Å². The van der Waals surface area contributed by atoms with Crippen molar-refractivity contribution in [1.29, 1.82) is 5.26 Å². The summed E-state index contributed by atoms with van der Waals surface area (Å²) in [4.78, 5) is 9.19. The summed E-state index contributed by atoms with van der Waals surface area (Å²) in [5, 5.41) is 14.4. The average Bonchev–Trinajstić information content (AvgIpc) is 3.32. The third-order valence-corrected chi connectivity index (χ3v) is 5.51. The topological polar surface area (TPSA) is 72.3 Å². The molecule has 6 heteroatoms. The van der Waals surface area contributed by atoms with E-state index in [0.717, 1.165) is 41.6 Å². The van der Waals surface area contributed by atoms with Crippen molar-refractivity contribution in [3.05, 3.63) is 65.4 Å². The summed E-state index contributed by atoms with van der Waals surface area (Å²) in [7, 11) is 3.96. The van der Waals surface area contributed by atoms with Gasteiger partial charge in [0.15, 0.2) is 0 Å². The van der Waals surface area contributed by atoms with Gasteiger partial charge in [-0.3, -0.25) is 4.68 Å². The van der Waals surface area contributed by atoms with Crippen molar-refractivity contribution in [2.45, 2.75) is 32.6 Å². The normalized spacial score (nSPS) is 11.1. The van der Waals surface area contributed by atoms with E-state index in [2.05, 4.69) is 47.3 Å². The summed E-state index contributed by atoms with van der Waals surface area (Å²) in [5.74, 6) is 0. The van der Waals surface area contributed by atoms with Crippen molar-refractivity contribution in [3.63, 3.8) is 0 Å². The molecule has 4 rings (SSSR count). The zero-order valence-electron chi connectivity index (χ0n) is 17.1. The largest absolute Gasteiger partial charge is 0.332 e. The number of hydrogen-bond donors (Lipinski definition) is 0. The van der Waals surface area contributed by atoms with Crippen LogP contribution in [0.1, 0.15) is 28.8 Å². The van der Waals surface area contributed by atoms with Crippen molar-refractivity contribution in [1.82, 2.24) is 24.3 Å². The Balaban J connectivity index is 1.82. The molecular weight excluding hydrogens is 360 g/mol. The summed E-state index contributed by atoms with van der Waals surface area (Å²) in [6.07, 6.45) is 8.58. The molecule has 0 fully saturated rings. The van der Waals surface area contributed by atoms with Gasteiger partial charge in [-0.25, -0.2) is 9.97 Å². The molecule has 0 saturated heterocycles. The molecule has 146 valence electrons. The van der Waals surface area contributed by atoms with Gasteiger partial charge in [0.1, 0.15) is 0 Å². The van der Waals surface area contributed by atoms with Gasteiger partial charge in [-0.1, -0.05) is 0 Å². The maximum atomic E-state index is 8.99. The van der Waals surface area contributed by atoms with Crippen molar-refractivity contribution >= 4 is 10.9 Å². The molecule has 0 aliphatic rings. The number of nitriles is 1. The third-order valence-electron chi connectivity index (χ3n) is 5.51. The van der Waals surface area contributed by atoms with E-state index in [9.17, 15) is 0 Å². The van der Waals surface area contributed by atoms with Crippen LogP contribution in [-0.2, 0) is 33.4 Å². The number of pyridine rings is 1. The Labute approximate surface area is 170 Å². The van der Waals surface area contributed by atoms with Crippen molar-refractivity contribution in [2.75, 3.05) is 0 Å². The fourth-order valence-electron chi connectivity index (χ4n) is 3.80. The van der Waals surface area contributed by atoms with E-state index >= 15 is 0 Å². The van der Waals surface area contributed by atoms with E-state index < -0.39 is 0 Å². The van der Waals surface area contributed by atoms with Gasteiger partial charge in [0.05, 0.1) is 35.5 Å². The predicted octanol–water partition coefficient (Wildman–Crippen LogP) is 3.92. The fraction of sp³-hybridized carbons (Fsp3) is 0.304. The number of nitrogens with zero attached hydrogens (tertiary/aromatic N) is 6. The summed E-state index contributed by atoms with van der Waals surface area (Å²) in [6, 6.07) is 10.9. The van der Waals surface area contributed by atoms with Gasteiger partial charge in [-0.2, -0.15) is 10.4 Å². The highest BCUT2D eigenvalue weighted by Crippen LogP contribution is 2.28. The van der Waals surface area contributed by atoms with E-state index in [-0.39, 0.29) is 0 Å². The van der Waals surface area contributed by atoms with E-state index in [0.29, 0.717) is 6.42 Å². The Morgan fingerprint density at radius 3 is 2.62 bits per heavy atom. The number of hydrogen-bond acceptors (Lipinski definition) is 4. The Morgan fingerprint density at radius 2 is 1.93 bits per heavy atom. The van der Waals surface area contributed by atoms with Gasteiger partial charge in [-0.05, 0) is 67.1 Å². The summed E-state index contributed by atoms with van der Waals surface area (Å²) >= 11 is 0. The van der Waals surface area contributed by atoms with Crippen LogP contribution in [0, 0.1) is 18.3 Å². The predicted molar refractivity (Wildman–Crippen MR) is 113 cm³/mol. The minimum absolute atomic E-state index is 0.525. The quantitative estimate of drug-likeness (QED) is 0.505. The minimum atomic E-state index is 0.525. The second-order valence-electron chi connectivity index (χ2n) is 7.46. The van der Waals surface area contributed by atoms with Crippen LogP contribution in [0.25, 0.3) is 22.3 Å². The van der Waals surface area contributed by atoms with Crippen LogP contribution in [0.15, 0.2) is 43.0 Å². The second kappa shape index (κ2) is 7.88. The molecule has 6 nitrogen and oxygen atoms in total. The smallest absolute Gasteiger partial charge is 0.0948 e. The first-order valence-electron chi connectivity index (χ1n) is 9.80. The standard InChI is InChI=1S/C23H24N6/c1-16-11-21-20(12-17(16)5-4-9-24)18(6-7-19-8-10-26-29(19)3)13-22(27-21)23-14-25-15-28(23)2/h8,10-15H,4-7H2,1-3H3. The molecule has 1 aromatic carbocycles. The number of benzene rings is 1. The molecule has 0 spiro atoms. The molecule has 0 aliphatic carbocycles. The molecule has 0 unspecified atom stereocenters. The van der Waals surface area contributed by atoms with Crippen molar-refractivity contribution in [2.24, 2.45) is 14.1 Å². The molecule has 4 aromatic rings. The first kappa shape index (κ1) is 18.9. The maximum Gasteiger partial charge on any atom is 0.0948 e. The molecule has 0 N–H and O–H groups in total. The van der Waals surface area contributed by atoms with Gasteiger partial charge >= 0.3 is 0 Å². The maximum absolute atomic E-state index is 8.99. The Hall–Kier alpha value is -3.46. The minimum Gasteiger partial charge on any atom is -0.332 e. The Bertz CT molecular complexity index is 1210. The zero-order valence-corrected chi connectivity index (χ0v) is 17.1. The average molecular weight is 384 g/mol. The van der Waals surface area contributed by atoms with Gasteiger partial charge in [0.25, 0.3) is 0 Å².